The molecule has 1 rings (SSSR count). The minimum absolute atomic E-state index is 0.292. The maximum absolute atomic E-state index is 10.1. The van der Waals surface area contributed by atoms with Crippen LogP contribution in [0.1, 0.15) is 26.7 Å². The van der Waals surface area contributed by atoms with Crippen LogP contribution in [0.5, 0.6) is 11.5 Å². The minimum Gasteiger partial charge on any atom is -0.492 e. The van der Waals surface area contributed by atoms with Crippen LogP contribution in [0.25, 0.3) is 0 Å². The molecule has 102 valence electrons. The number of aliphatic hydroxyl groups is 1. The fourth-order valence-corrected chi connectivity index (χ4v) is 1.50. The highest BCUT2D eigenvalue weighted by Crippen LogP contribution is 2.22. The minimum atomic E-state index is -0.756. The highest BCUT2D eigenvalue weighted by atomic mass is 16.5. The monoisotopic (exact) mass is 253 g/mol. The van der Waals surface area contributed by atoms with Gasteiger partial charge in [0.15, 0.2) is 0 Å². The van der Waals surface area contributed by atoms with Gasteiger partial charge in [-0.05, 0) is 25.0 Å². The summed E-state index contributed by atoms with van der Waals surface area (Å²) in [6, 6.07) is 7.37. The second kappa shape index (κ2) is 7.24. The van der Waals surface area contributed by atoms with Gasteiger partial charge in [-0.1, -0.05) is 19.9 Å². The topological polar surface area (TPSA) is 64.7 Å². The lowest BCUT2D eigenvalue weighted by atomic mass is 9.99. The SMILES string of the molecule is CCC(O)(CC)COc1cccc(OCCN)c1. The molecule has 0 bridgehead atoms. The molecule has 3 N–H and O–H groups in total. The van der Waals surface area contributed by atoms with Gasteiger partial charge < -0.3 is 20.3 Å². The summed E-state index contributed by atoms with van der Waals surface area (Å²) in [5, 5.41) is 10.1. The van der Waals surface area contributed by atoms with Gasteiger partial charge in [-0.15, -0.1) is 0 Å². The van der Waals surface area contributed by atoms with Crippen LogP contribution in [-0.4, -0.2) is 30.5 Å². The Bertz CT molecular complexity index is 351. The van der Waals surface area contributed by atoms with Crippen molar-refractivity contribution in [1.29, 1.82) is 0 Å². The zero-order valence-electron chi connectivity index (χ0n) is 11.2. The van der Waals surface area contributed by atoms with Gasteiger partial charge in [-0.2, -0.15) is 0 Å². The van der Waals surface area contributed by atoms with Crippen LogP contribution in [-0.2, 0) is 0 Å². The van der Waals surface area contributed by atoms with Gasteiger partial charge in [0.25, 0.3) is 0 Å². The summed E-state index contributed by atoms with van der Waals surface area (Å²) in [5.41, 5.74) is 4.62. The van der Waals surface area contributed by atoms with Crippen molar-refractivity contribution in [2.24, 2.45) is 5.73 Å². The molecule has 0 aliphatic rings. The molecule has 0 aliphatic heterocycles. The Hall–Kier alpha value is -1.26. The van der Waals surface area contributed by atoms with Gasteiger partial charge in [0.2, 0.25) is 0 Å². The first-order chi connectivity index (χ1) is 8.63. The quantitative estimate of drug-likeness (QED) is 0.743. The van der Waals surface area contributed by atoms with E-state index in [4.69, 9.17) is 15.2 Å². The molecule has 1 aromatic carbocycles. The average molecular weight is 253 g/mol. The van der Waals surface area contributed by atoms with Crippen LogP contribution < -0.4 is 15.2 Å². The molecule has 0 fully saturated rings. The van der Waals surface area contributed by atoms with E-state index in [-0.39, 0.29) is 0 Å². The number of ether oxygens (including phenoxy) is 2. The van der Waals surface area contributed by atoms with Crippen molar-refractivity contribution in [3.63, 3.8) is 0 Å². The third-order valence-corrected chi connectivity index (χ3v) is 3.02. The zero-order chi connectivity index (χ0) is 13.4. The van der Waals surface area contributed by atoms with Gasteiger partial charge in [-0.25, -0.2) is 0 Å². The van der Waals surface area contributed by atoms with Crippen molar-refractivity contribution in [3.8, 4) is 11.5 Å². The molecule has 0 atom stereocenters. The van der Waals surface area contributed by atoms with E-state index in [0.29, 0.717) is 38.3 Å². The average Bonchev–Trinajstić information content (AvgIpc) is 2.43. The number of hydrogen-bond acceptors (Lipinski definition) is 4. The van der Waals surface area contributed by atoms with Crippen LogP contribution in [0.15, 0.2) is 24.3 Å². The van der Waals surface area contributed by atoms with Crippen molar-refractivity contribution in [2.75, 3.05) is 19.8 Å². The third kappa shape index (κ3) is 4.55. The fourth-order valence-electron chi connectivity index (χ4n) is 1.50. The lowest BCUT2D eigenvalue weighted by Crippen LogP contribution is -2.34. The van der Waals surface area contributed by atoms with Crippen LogP contribution >= 0.6 is 0 Å². The van der Waals surface area contributed by atoms with E-state index in [1.807, 2.05) is 32.0 Å². The number of hydrogen-bond donors (Lipinski definition) is 2. The summed E-state index contributed by atoms with van der Waals surface area (Å²) in [7, 11) is 0. The predicted molar refractivity (Wildman–Crippen MR) is 72.0 cm³/mol. The predicted octanol–water partition coefficient (Wildman–Crippen LogP) is 1.95. The molecule has 4 heteroatoms. The molecule has 0 amide bonds. The maximum atomic E-state index is 10.1. The molecule has 1 aromatic rings. The smallest absolute Gasteiger partial charge is 0.123 e. The Kier molecular flexibility index (Phi) is 5.95. The van der Waals surface area contributed by atoms with Gasteiger partial charge in [0.1, 0.15) is 24.7 Å². The summed E-state index contributed by atoms with van der Waals surface area (Å²) < 4.78 is 11.0. The van der Waals surface area contributed by atoms with Crippen molar-refractivity contribution >= 4 is 0 Å². The molecule has 0 spiro atoms. The first-order valence-electron chi connectivity index (χ1n) is 6.41. The van der Waals surface area contributed by atoms with E-state index in [9.17, 15) is 5.11 Å². The fraction of sp³-hybridized carbons (Fsp3) is 0.571. The molecule has 0 aliphatic carbocycles. The van der Waals surface area contributed by atoms with E-state index >= 15 is 0 Å². The number of rotatable bonds is 8. The molecule has 18 heavy (non-hydrogen) atoms. The van der Waals surface area contributed by atoms with E-state index in [1.165, 1.54) is 0 Å². The van der Waals surface area contributed by atoms with Crippen LogP contribution in [0, 0.1) is 0 Å². The van der Waals surface area contributed by atoms with Crippen LogP contribution in [0.3, 0.4) is 0 Å². The maximum Gasteiger partial charge on any atom is 0.123 e. The number of benzene rings is 1. The molecule has 0 radical (unpaired) electrons. The molecule has 0 saturated carbocycles. The van der Waals surface area contributed by atoms with Crippen molar-refractivity contribution in [1.82, 2.24) is 0 Å². The van der Waals surface area contributed by atoms with E-state index in [0.717, 1.165) is 5.75 Å². The second-order valence-electron chi connectivity index (χ2n) is 4.33. The normalized spacial score (nSPS) is 11.3. The van der Waals surface area contributed by atoms with Gasteiger partial charge in [0, 0.05) is 12.6 Å². The second-order valence-corrected chi connectivity index (χ2v) is 4.33. The molecular formula is C14H23NO3. The zero-order valence-corrected chi connectivity index (χ0v) is 11.2. The molecule has 4 nitrogen and oxygen atoms in total. The van der Waals surface area contributed by atoms with Crippen molar-refractivity contribution < 1.29 is 14.6 Å². The van der Waals surface area contributed by atoms with Crippen molar-refractivity contribution in [3.05, 3.63) is 24.3 Å². The largest absolute Gasteiger partial charge is 0.492 e. The summed E-state index contributed by atoms with van der Waals surface area (Å²) in [6.07, 6.45) is 1.35. The Balaban J connectivity index is 2.56. The van der Waals surface area contributed by atoms with Crippen LogP contribution in [0.2, 0.25) is 0 Å². The highest BCUT2D eigenvalue weighted by molar-refractivity contribution is 5.33. The van der Waals surface area contributed by atoms with E-state index in [1.54, 1.807) is 6.07 Å². The lowest BCUT2D eigenvalue weighted by Gasteiger charge is -2.25. The summed E-state index contributed by atoms with van der Waals surface area (Å²) in [5.74, 6) is 1.43. The van der Waals surface area contributed by atoms with Crippen LogP contribution in [0.4, 0.5) is 0 Å². The molecule has 0 heterocycles. The molecule has 0 aromatic heterocycles. The van der Waals surface area contributed by atoms with E-state index < -0.39 is 5.60 Å². The van der Waals surface area contributed by atoms with Gasteiger partial charge in [0.05, 0.1) is 5.60 Å². The van der Waals surface area contributed by atoms with E-state index in [2.05, 4.69) is 0 Å². The molecule has 0 unspecified atom stereocenters. The van der Waals surface area contributed by atoms with Crippen molar-refractivity contribution in [2.45, 2.75) is 32.3 Å². The summed E-state index contributed by atoms with van der Waals surface area (Å²) >= 11 is 0. The third-order valence-electron chi connectivity index (χ3n) is 3.02. The number of nitrogens with two attached hydrogens (primary N) is 1. The molecular weight excluding hydrogens is 230 g/mol. The van der Waals surface area contributed by atoms with Gasteiger partial charge >= 0.3 is 0 Å². The highest BCUT2D eigenvalue weighted by Gasteiger charge is 2.23. The summed E-state index contributed by atoms with van der Waals surface area (Å²) in [6.45, 7) is 5.16. The Morgan fingerprint density at radius 2 is 1.78 bits per heavy atom. The first kappa shape index (κ1) is 14.8. The molecule has 0 saturated heterocycles. The first-order valence-corrected chi connectivity index (χ1v) is 6.41. The Labute approximate surface area is 109 Å². The van der Waals surface area contributed by atoms with Gasteiger partial charge in [-0.3, -0.25) is 0 Å². The summed E-state index contributed by atoms with van der Waals surface area (Å²) in [4.78, 5) is 0. The Morgan fingerprint density at radius 3 is 2.33 bits per heavy atom. The standard InChI is InChI=1S/C14H23NO3/c1-3-14(16,4-2)11-18-13-7-5-6-12(10-13)17-9-8-15/h5-7,10,16H,3-4,8-9,11,15H2,1-2H3. The Morgan fingerprint density at radius 1 is 1.17 bits per heavy atom. The lowest BCUT2D eigenvalue weighted by molar-refractivity contribution is -0.0114.